The Hall–Kier alpha value is -1.37. The second-order valence-electron chi connectivity index (χ2n) is 5.64. The molecule has 3 heterocycles. The zero-order chi connectivity index (χ0) is 15.1. The van der Waals surface area contributed by atoms with Crippen LogP contribution in [0.4, 0.5) is 0 Å². The fourth-order valence-corrected chi connectivity index (χ4v) is 3.62. The largest absolute Gasteiger partial charge is 0.465 e. The number of nitrogens with zero attached hydrogens (tertiary/aromatic N) is 1. The molecule has 6 nitrogen and oxygen atoms in total. The summed E-state index contributed by atoms with van der Waals surface area (Å²) >= 11 is 0. The minimum absolute atomic E-state index is 0.137. The van der Waals surface area contributed by atoms with Crippen molar-refractivity contribution in [3.63, 3.8) is 0 Å². The maximum absolute atomic E-state index is 12.3. The summed E-state index contributed by atoms with van der Waals surface area (Å²) in [5, 5.41) is 20.6. The van der Waals surface area contributed by atoms with Crippen molar-refractivity contribution in [2.75, 3.05) is 20.3 Å². The third kappa shape index (κ3) is 2.09. The van der Waals surface area contributed by atoms with E-state index in [2.05, 4.69) is 0 Å². The van der Waals surface area contributed by atoms with E-state index >= 15 is 0 Å². The van der Waals surface area contributed by atoms with E-state index < -0.39 is 18.5 Å². The van der Waals surface area contributed by atoms with Crippen molar-refractivity contribution in [1.82, 2.24) is 4.90 Å². The van der Waals surface area contributed by atoms with Crippen molar-refractivity contribution in [2.45, 2.75) is 38.7 Å². The second kappa shape index (κ2) is 5.44. The third-order valence-corrected chi connectivity index (χ3v) is 4.62. The van der Waals surface area contributed by atoms with Gasteiger partial charge in [0.15, 0.2) is 12.5 Å². The lowest BCUT2D eigenvalue weighted by atomic mass is 9.80. The Balaban J connectivity index is 2.17. The monoisotopic (exact) mass is 295 g/mol. The number of carbonyl (C=O) groups is 1. The van der Waals surface area contributed by atoms with Gasteiger partial charge in [0.1, 0.15) is 0 Å². The molecule has 21 heavy (non-hydrogen) atoms. The first-order chi connectivity index (χ1) is 10.1. The molecule has 0 aliphatic carbocycles. The molecule has 116 valence electrons. The number of aliphatic hydroxyl groups excluding tert-OH is 2. The molecule has 0 aromatic carbocycles. The van der Waals surface area contributed by atoms with Gasteiger partial charge in [0.25, 0.3) is 0 Å². The van der Waals surface area contributed by atoms with Gasteiger partial charge in [0.2, 0.25) is 0 Å². The summed E-state index contributed by atoms with van der Waals surface area (Å²) in [5.41, 5.74) is 2.76. The van der Waals surface area contributed by atoms with E-state index in [-0.39, 0.29) is 12.5 Å². The molecule has 3 atom stereocenters. The van der Waals surface area contributed by atoms with Crippen molar-refractivity contribution in [2.24, 2.45) is 5.92 Å². The first-order valence-corrected chi connectivity index (χ1v) is 7.39. The molecule has 0 bridgehead atoms. The number of fused-ring (bicyclic) bond motifs is 1. The lowest BCUT2D eigenvalue weighted by Gasteiger charge is -2.42. The number of rotatable bonds is 2. The van der Waals surface area contributed by atoms with E-state index in [0.29, 0.717) is 24.1 Å². The molecule has 1 saturated heterocycles. The molecule has 0 spiro atoms. The lowest BCUT2D eigenvalue weighted by Crippen LogP contribution is -2.45. The second-order valence-corrected chi connectivity index (χ2v) is 5.64. The molecule has 0 aromatic heterocycles. The Kier molecular flexibility index (Phi) is 3.77. The Morgan fingerprint density at radius 1 is 1.48 bits per heavy atom. The highest BCUT2D eigenvalue weighted by Gasteiger charge is 2.44. The summed E-state index contributed by atoms with van der Waals surface area (Å²) in [6.07, 6.45) is 0.543. The van der Waals surface area contributed by atoms with Crippen LogP contribution in [-0.2, 0) is 14.3 Å². The van der Waals surface area contributed by atoms with Crippen LogP contribution in [0, 0.1) is 5.92 Å². The van der Waals surface area contributed by atoms with Crippen molar-refractivity contribution in [3.8, 4) is 0 Å². The maximum Gasteiger partial charge on any atom is 0.339 e. The smallest absolute Gasteiger partial charge is 0.339 e. The van der Waals surface area contributed by atoms with Crippen molar-refractivity contribution in [1.29, 1.82) is 0 Å². The van der Waals surface area contributed by atoms with Gasteiger partial charge < -0.3 is 24.6 Å². The molecule has 0 amide bonds. The number of methoxy groups -OCH3 is 1. The minimum atomic E-state index is -0.950. The predicted octanol–water partition coefficient (Wildman–Crippen LogP) is 0.513. The molecule has 0 saturated carbocycles. The van der Waals surface area contributed by atoms with Crippen LogP contribution in [0.1, 0.15) is 26.2 Å². The van der Waals surface area contributed by atoms with Gasteiger partial charge in [-0.25, -0.2) is 4.79 Å². The van der Waals surface area contributed by atoms with E-state index in [1.807, 2.05) is 11.8 Å². The molecule has 1 fully saturated rings. The van der Waals surface area contributed by atoms with Gasteiger partial charge in [-0.1, -0.05) is 6.92 Å². The van der Waals surface area contributed by atoms with Gasteiger partial charge in [-0.3, -0.25) is 0 Å². The Labute approximate surface area is 123 Å². The van der Waals surface area contributed by atoms with Gasteiger partial charge in [0.05, 0.1) is 19.3 Å². The fraction of sp³-hybridized carbons (Fsp3) is 0.667. The van der Waals surface area contributed by atoms with Crippen LogP contribution in [-0.4, -0.2) is 53.9 Å². The Bertz CT molecular complexity index is 524. The number of allylic oxidation sites excluding steroid dienone is 1. The van der Waals surface area contributed by atoms with Crippen LogP contribution in [0.25, 0.3) is 0 Å². The quantitative estimate of drug-likeness (QED) is 0.723. The maximum atomic E-state index is 12.3. The summed E-state index contributed by atoms with van der Waals surface area (Å²) in [7, 11) is 1.36. The van der Waals surface area contributed by atoms with Gasteiger partial charge in [-0.15, -0.1) is 0 Å². The number of carbonyl (C=O) groups excluding carboxylic acids is 1. The van der Waals surface area contributed by atoms with E-state index in [9.17, 15) is 15.0 Å². The molecule has 0 radical (unpaired) electrons. The van der Waals surface area contributed by atoms with Crippen LogP contribution in [0.3, 0.4) is 0 Å². The van der Waals surface area contributed by atoms with Crippen LogP contribution >= 0.6 is 0 Å². The molecule has 3 rings (SSSR count). The SMILES string of the molecule is CCC1C2=C(COC1O)C(O)N1CCCC1=C2C(=O)OC. The molecular weight excluding hydrogens is 274 g/mol. The lowest BCUT2D eigenvalue weighted by molar-refractivity contribution is -0.141. The number of esters is 1. The van der Waals surface area contributed by atoms with Gasteiger partial charge in [-0.05, 0) is 24.8 Å². The van der Waals surface area contributed by atoms with Gasteiger partial charge >= 0.3 is 5.97 Å². The Morgan fingerprint density at radius 3 is 2.90 bits per heavy atom. The zero-order valence-electron chi connectivity index (χ0n) is 12.3. The van der Waals surface area contributed by atoms with Crippen LogP contribution in [0.2, 0.25) is 0 Å². The average molecular weight is 295 g/mol. The highest BCUT2D eigenvalue weighted by atomic mass is 16.6. The summed E-state index contributed by atoms with van der Waals surface area (Å²) in [6.45, 7) is 2.78. The molecule has 3 unspecified atom stereocenters. The molecule has 2 N–H and O–H groups in total. The topological polar surface area (TPSA) is 79.2 Å². The third-order valence-electron chi connectivity index (χ3n) is 4.62. The standard InChI is InChI=1S/C15H21NO5/c1-3-8-11-9(7-21-14(8)18)13(17)16-6-4-5-10(16)12(11)15(19)20-2/h8,13-14,17-18H,3-7H2,1-2H3. The van der Waals surface area contributed by atoms with Gasteiger partial charge in [0, 0.05) is 23.7 Å². The molecule has 3 aliphatic rings. The molecular formula is C15H21NO5. The van der Waals surface area contributed by atoms with E-state index in [1.54, 1.807) is 0 Å². The highest BCUT2D eigenvalue weighted by Crippen LogP contribution is 2.44. The van der Waals surface area contributed by atoms with Crippen LogP contribution in [0.5, 0.6) is 0 Å². The van der Waals surface area contributed by atoms with E-state index in [0.717, 1.165) is 24.1 Å². The number of aliphatic hydroxyl groups is 2. The first-order valence-electron chi connectivity index (χ1n) is 7.39. The van der Waals surface area contributed by atoms with E-state index in [1.165, 1.54) is 7.11 Å². The summed E-state index contributed by atoms with van der Waals surface area (Å²) in [4.78, 5) is 14.1. The van der Waals surface area contributed by atoms with Crippen LogP contribution in [0.15, 0.2) is 22.4 Å². The number of ether oxygens (including phenoxy) is 2. The highest BCUT2D eigenvalue weighted by molar-refractivity contribution is 5.95. The fourth-order valence-electron chi connectivity index (χ4n) is 3.62. The van der Waals surface area contributed by atoms with Crippen molar-refractivity contribution in [3.05, 3.63) is 22.4 Å². The van der Waals surface area contributed by atoms with E-state index in [4.69, 9.17) is 9.47 Å². The summed E-state index contributed by atoms with van der Waals surface area (Å²) in [6, 6.07) is 0. The number of hydrogen-bond acceptors (Lipinski definition) is 6. The normalized spacial score (nSPS) is 32.2. The minimum Gasteiger partial charge on any atom is -0.465 e. The molecule has 0 aromatic rings. The summed E-state index contributed by atoms with van der Waals surface area (Å²) in [5.74, 6) is -0.711. The molecule has 3 aliphatic heterocycles. The van der Waals surface area contributed by atoms with Crippen molar-refractivity contribution < 1.29 is 24.5 Å². The Morgan fingerprint density at radius 2 is 2.24 bits per heavy atom. The number of hydrogen-bond donors (Lipinski definition) is 2. The zero-order valence-corrected chi connectivity index (χ0v) is 12.3. The molecule has 6 heteroatoms. The first kappa shape index (κ1) is 14.6. The predicted molar refractivity (Wildman–Crippen MR) is 73.8 cm³/mol. The van der Waals surface area contributed by atoms with Crippen molar-refractivity contribution >= 4 is 5.97 Å². The average Bonchev–Trinajstić information content (AvgIpc) is 2.96. The van der Waals surface area contributed by atoms with Gasteiger partial charge in [-0.2, -0.15) is 0 Å². The van der Waals surface area contributed by atoms with Crippen LogP contribution < -0.4 is 0 Å². The summed E-state index contributed by atoms with van der Waals surface area (Å²) < 4.78 is 10.3.